The number of nitrogens with zero attached hydrogens (tertiary/aromatic N) is 4. The number of pyridine rings is 2. The van der Waals surface area contributed by atoms with E-state index >= 15 is 0 Å². The Kier molecular flexibility index (Phi) is 10.9. The van der Waals surface area contributed by atoms with Gasteiger partial charge in [-0.15, -0.1) is 0 Å². The molecule has 0 atom stereocenters. The second kappa shape index (κ2) is 12.6. The molecule has 4 rings (SSSR count). The quantitative estimate of drug-likeness (QED) is 0.159. The molecule has 14 nitrogen and oxygen atoms in total. The summed E-state index contributed by atoms with van der Waals surface area (Å²) in [5, 5.41) is 40.6. The summed E-state index contributed by atoms with van der Waals surface area (Å²) in [5.41, 5.74) is -3.12. The van der Waals surface area contributed by atoms with Crippen LogP contribution in [0.1, 0.15) is 42.0 Å². The van der Waals surface area contributed by atoms with Gasteiger partial charge in [0.15, 0.2) is 11.4 Å². The molecule has 0 aliphatic carbocycles. The van der Waals surface area contributed by atoms with Crippen molar-refractivity contribution < 1.29 is 67.0 Å². The van der Waals surface area contributed by atoms with Gasteiger partial charge in [-0.05, 0) is 12.1 Å². The number of benzene rings is 1. The summed E-state index contributed by atoms with van der Waals surface area (Å²) < 4.78 is 0. The van der Waals surface area contributed by atoms with E-state index in [2.05, 4.69) is 44.2 Å². The van der Waals surface area contributed by atoms with Crippen LogP contribution in [0.15, 0.2) is 48.8 Å². The predicted octanol–water partition coefficient (Wildman–Crippen LogP) is -2.37. The fraction of sp³-hybridized carbons (Fsp3) is 0. The van der Waals surface area contributed by atoms with Gasteiger partial charge in [-0.1, -0.05) is 24.3 Å². The van der Waals surface area contributed by atoms with E-state index in [0.717, 1.165) is 21.8 Å². The largest absolute Gasteiger partial charge is 2.00 e. The van der Waals surface area contributed by atoms with Crippen molar-refractivity contribution in [1.82, 2.24) is 19.9 Å². The number of hydrogen-bond acceptors (Lipinski definition) is 10. The molecule has 0 spiro atoms. The molecule has 0 saturated carbocycles. The SMILES string of the molecule is O.O=C([O-])c1nc(C(=O)[O-])c(C(=O)O)nc1C(=O)O.[Ni+2].[OH3+].c1cnc2c(c1)ccc1cccnc12. The molecule has 35 heavy (non-hydrogen) atoms. The number of hydrogen-bond donors (Lipinski definition) is 2. The van der Waals surface area contributed by atoms with E-state index in [9.17, 15) is 29.4 Å². The third-order valence-corrected chi connectivity index (χ3v) is 4.03. The zero-order valence-corrected chi connectivity index (χ0v) is 18.1. The molecular formula is C20H15N4NiO10+. The number of fused-ring (bicyclic) bond motifs is 3. The van der Waals surface area contributed by atoms with Gasteiger partial charge in [0, 0.05) is 23.2 Å². The average Bonchev–Trinajstić information content (AvgIpc) is 2.78. The van der Waals surface area contributed by atoms with E-state index in [-0.39, 0.29) is 27.4 Å². The van der Waals surface area contributed by atoms with Gasteiger partial charge in [-0.25, -0.2) is 19.6 Å². The number of carbonyl (C=O) groups is 4. The van der Waals surface area contributed by atoms with Crippen LogP contribution in [0.25, 0.3) is 21.8 Å². The van der Waals surface area contributed by atoms with Crippen LogP contribution in [0.4, 0.5) is 0 Å². The second-order valence-corrected chi connectivity index (χ2v) is 6.02. The summed E-state index contributed by atoms with van der Waals surface area (Å²) in [7, 11) is 0. The first-order valence-corrected chi connectivity index (χ1v) is 8.60. The van der Waals surface area contributed by atoms with Gasteiger partial charge in [-0.2, -0.15) is 0 Å². The minimum absolute atomic E-state index is 0. The Bertz CT molecular complexity index is 1260. The Labute approximate surface area is 204 Å². The Morgan fingerprint density at radius 3 is 1.31 bits per heavy atom. The van der Waals surface area contributed by atoms with Crippen molar-refractivity contribution in [3.8, 4) is 0 Å². The molecule has 0 saturated heterocycles. The Morgan fingerprint density at radius 2 is 1.00 bits per heavy atom. The van der Waals surface area contributed by atoms with Crippen LogP contribution >= 0.6 is 0 Å². The molecule has 3 aromatic heterocycles. The van der Waals surface area contributed by atoms with Gasteiger partial charge in [0.05, 0.1) is 23.0 Å². The monoisotopic (exact) mass is 529 g/mol. The van der Waals surface area contributed by atoms with Gasteiger partial charge in [-0.3, -0.25) is 9.97 Å². The van der Waals surface area contributed by atoms with Crippen molar-refractivity contribution in [2.45, 2.75) is 0 Å². The van der Waals surface area contributed by atoms with E-state index < -0.39 is 46.7 Å². The molecule has 3 heterocycles. The summed E-state index contributed by atoms with van der Waals surface area (Å²) in [6, 6.07) is 12.1. The molecule has 0 bridgehead atoms. The third-order valence-electron chi connectivity index (χ3n) is 4.03. The van der Waals surface area contributed by atoms with Crippen molar-refractivity contribution >= 4 is 45.7 Å². The summed E-state index contributed by atoms with van der Waals surface area (Å²) in [4.78, 5) is 56.8. The first kappa shape index (κ1) is 30.4. The predicted molar refractivity (Wildman–Crippen MR) is 110 cm³/mol. The van der Waals surface area contributed by atoms with Gasteiger partial charge in [0.25, 0.3) is 0 Å². The fourth-order valence-electron chi connectivity index (χ4n) is 2.70. The van der Waals surface area contributed by atoms with Crippen LogP contribution in [0.2, 0.25) is 0 Å². The zero-order valence-electron chi connectivity index (χ0n) is 17.1. The first-order valence-electron chi connectivity index (χ1n) is 8.60. The maximum absolute atomic E-state index is 10.6. The molecule has 0 radical (unpaired) electrons. The third kappa shape index (κ3) is 6.48. The van der Waals surface area contributed by atoms with E-state index in [1.54, 1.807) is 12.4 Å². The van der Waals surface area contributed by atoms with E-state index in [1.807, 2.05) is 12.1 Å². The van der Waals surface area contributed by atoms with Gasteiger partial charge in [0.2, 0.25) is 0 Å². The average molecular weight is 530 g/mol. The van der Waals surface area contributed by atoms with Gasteiger partial charge < -0.3 is 41.0 Å². The standard InChI is InChI=1S/C12H8N2.C8H4N2O8.Ni.2H2O/c1-3-9-5-6-10-4-2-8-14-12(10)11(9)13-7-1;11-5(12)1-2(6(13)14)10-4(8(17)18)3(9-1)7(15)16;;;/h1-8H;(H,11,12)(H,13,14)(H,15,16)(H,17,18);;2*1H2/q;;+2;;/p-1. The molecule has 0 aliphatic rings. The van der Waals surface area contributed by atoms with Crippen LogP contribution < -0.4 is 10.2 Å². The minimum atomic E-state index is -2.11. The van der Waals surface area contributed by atoms with Gasteiger partial charge in [0.1, 0.15) is 11.4 Å². The maximum Gasteiger partial charge on any atom is 2.00 e. The van der Waals surface area contributed by atoms with Crippen molar-refractivity contribution in [3.05, 3.63) is 71.6 Å². The number of carboxylic acids is 4. The summed E-state index contributed by atoms with van der Waals surface area (Å²) in [6.07, 6.45) is 3.60. The molecule has 0 fully saturated rings. The van der Waals surface area contributed by atoms with E-state index in [4.69, 9.17) is 10.2 Å². The number of rotatable bonds is 4. The Balaban J connectivity index is 0.000000619. The van der Waals surface area contributed by atoms with Crippen molar-refractivity contribution in [1.29, 1.82) is 0 Å². The smallest absolute Gasteiger partial charge is 0.543 e. The van der Waals surface area contributed by atoms with Crippen LogP contribution in [0.5, 0.6) is 0 Å². The van der Waals surface area contributed by atoms with Gasteiger partial charge >= 0.3 is 28.4 Å². The summed E-state index contributed by atoms with van der Waals surface area (Å²) >= 11 is 0. The fourth-order valence-corrected chi connectivity index (χ4v) is 2.70. The number of carboxylic acid groups (broad SMARTS) is 4. The number of aromatic carboxylic acids is 4. The Hall–Kier alpha value is -4.59. The van der Waals surface area contributed by atoms with Crippen LogP contribution in [0, 0.1) is 0 Å². The van der Waals surface area contributed by atoms with E-state index in [0.29, 0.717) is 0 Å². The first-order chi connectivity index (χ1) is 15.2. The molecule has 15 heteroatoms. The molecule has 7 N–H and O–H groups in total. The maximum atomic E-state index is 10.6. The molecule has 0 amide bonds. The molecule has 0 unspecified atom stereocenters. The molecule has 184 valence electrons. The topological polar surface area (TPSA) is 271 Å². The van der Waals surface area contributed by atoms with E-state index in [1.165, 1.54) is 0 Å². The number of carbonyl (C=O) groups excluding carboxylic acids is 2. The van der Waals surface area contributed by atoms with Crippen molar-refractivity contribution in [3.63, 3.8) is 0 Å². The van der Waals surface area contributed by atoms with Crippen LogP contribution in [-0.2, 0) is 22.0 Å². The molecule has 4 aromatic rings. The molecular weight excluding hydrogens is 515 g/mol. The summed E-state index contributed by atoms with van der Waals surface area (Å²) in [5.74, 6) is -8.01. The second-order valence-electron chi connectivity index (χ2n) is 6.02. The van der Waals surface area contributed by atoms with Crippen molar-refractivity contribution in [2.24, 2.45) is 0 Å². The number of aromatic nitrogens is 4. The molecule has 1 aromatic carbocycles. The van der Waals surface area contributed by atoms with Crippen LogP contribution in [0.3, 0.4) is 0 Å². The van der Waals surface area contributed by atoms with Crippen molar-refractivity contribution in [2.75, 3.05) is 0 Å². The minimum Gasteiger partial charge on any atom is -0.543 e. The normalized spacial score (nSPS) is 9.37. The zero-order chi connectivity index (χ0) is 23.4. The summed E-state index contributed by atoms with van der Waals surface area (Å²) in [6.45, 7) is 0. The molecule has 0 aliphatic heterocycles. The Morgan fingerprint density at radius 1 is 0.657 bits per heavy atom. The van der Waals surface area contributed by atoms with Crippen LogP contribution in [-0.4, -0.2) is 59.5 Å².